The molecule has 112 valence electrons. The fourth-order valence-corrected chi connectivity index (χ4v) is 1.57. The molecular formula is C15H25N3O2. The minimum Gasteiger partial charge on any atom is -0.497 e. The van der Waals surface area contributed by atoms with Crippen molar-refractivity contribution in [2.75, 3.05) is 13.7 Å². The van der Waals surface area contributed by atoms with Gasteiger partial charge in [-0.15, -0.1) is 0 Å². The lowest BCUT2D eigenvalue weighted by Crippen LogP contribution is -2.45. The first-order valence-electron chi connectivity index (χ1n) is 6.69. The lowest BCUT2D eigenvalue weighted by atomic mass is 10.1. The molecule has 0 spiro atoms. The summed E-state index contributed by atoms with van der Waals surface area (Å²) in [4.78, 5) is 4.27. The Hall–Kier alpha value is -1.91. The van der Waals surface area contributed by atoms with Crippen LogP contribution < -0.4 is 20.5 Å². The highest BCUT2D eigenvalue weighted by atomic mass is 16.5. The highest BCUT2D eigenvalue weighted by molar-refractivity contribution is 5.78. The van der Waals surface area contributed by atoms with Crippen LogP contribution in [-0.4, -0.2) is 31.3 Å². The standard InChI is InChI=1S/C15H25N3O2/c1-11(10-17-14(16)18-15(2,3)4)20-13-8-6-12(19-5)7-9-13/h6-9,11H,10H2,1-5H3,(H3,16,17,18). The van der Waals surface area contributed by atoms with Gasteiger partial charge in [0.2, 0.25) is 0 Å². The maximum absolute atomic E-state index is 5.81. The first kappa shape index (κ1) is 16.1. The van der Waals surface area contributed by atoms with Gasteiger partial charge < -0.3 is 20.5 Å². The van der Waals surface area contributed by atoms with Crippen molar-refractivity contribution in [1.29, 1.82) is 0 Å². The molecule has 0 radical (unpaired) electrons. The van der Waals surface area contributed by atoms with Gasteiger partial charge in [-0.25, -0.2) is 4.99 Å². The van der Waals surface area contributed by atoms with Crippen molar-refractivity contribution in [3.8, 4) is 11.5 Å². The van der Waals surface area contributed by atoms with Gasteiger partial charge in [-0.3, -0.25) is 0 Å². The normalized spacial score (nSPS) is 13.8. The van der Waals surface area contributed by atoms with Gasteiger partial charge in [0, 0.05) is 5.54 Å². The number of nitrogens with one attached hydrogen (secondary N) is 1. The fourth-order valence-electron chi connectivity index (χ4n) is 1.57. The van der Waals surface area contributed by atoms with E-state index in [1.807, 2.05) is 52.0 Å². The Bertz CT molecular complexity index is 435. The third kappa shape index (κ3) is 6.31. The Morgan fingerprint density at radius 1 is 1.25 bits per heavy atom. The maximum atomic E-state index is 5.81. The van der Waals surface area contributed by atoms with Crippen LogP contribution >= 0.6 is 0 Å². The van der Waals surface area contributed by atoms with Gasteiger partial charge in [-0.1, -0.05) is 0 Å². The first-order valence-corrected chi connectivity index (χ1v) is 6.69. The number of hydrogen-bond donors (Lipinski definition) is 2. The monoisotopic (exact) mass is 279 g/mol. The van der Waals surface area contributed by atoms with E-state index in [-0.39, 0.29) is 11.6 Å². The molecule has 0 bridgehead atoms. The summed E-state index contributed by atoms with van der Waals surface area (Å²) < 4.78 is 10.8. The smallest absolute Gasteiger partial charge is 0.189 e. The van der Waals surface area contributed by atoms with Gasteiger partial charge in [0.25, 0.3) is 0 Å². The second-order valence-corrected chi connectivity index (χ2v) is 5.70. The van der Waals surface area contributed by atoms with E-state index in [1.54, 1.807) is 7.11 Å². The molecule has 1 rings (SSSR count). The van der Waals surface area contributed by atoms with E-state index in [0.717, 1.165) is 11.5 Å². The van der Waals surface area contributed by atoms with Gasteiger partial charge in [0.05, 0.1) is 13.7 Å². The molecule has 5 heteroatoms. The summed E-state index contributed by atoms with van der Waals surface area (Å²) >= 11 is 0. The van der Waals surface area contributed by atoms with E-state index in [9.17, 15) is 0 Å². The van der Waals surface area contributed by atoms with E-state index in [0.29, 0.717) is 12.5 Å². The molecule has 1 atom stereocenters. The number of hydrogen-bond acceptors (Lipinski definition) is 3. The van der Waals surface area contributed by atoms with Gasteiger partial charge in [-0.2, -0.15) is 0 Å². The van der Waals surface area contributed by atoms with Crippen molar-refractivity contribution in [2.24, 2.45) is 10.7 Å². The van der Waals surface area contributed by atoms with Crippen LogP contribution in [-0.2, 0) is 0 Å². The Morgan fingerprint density at radius 3 is 2.30 bits per heavy atom. The van der Waals surface area contributed by atoms with Crippen LogP contribution in [0.2, 0.25) is 0 Å². The number of benzene rings is 1. The topological polar surface area (TPSA) is 68.9 Å². The molecule has 0 saturated heterocycles. The molecule has 0 saturated carbocycles. The van der Waals surface area contributed by atoms with Crippen molar-refractivity contribution in [1.82, 2.24) is 5.32 Å². The number of nitrogens with two attached hydrogens (primary N) is 1. The average molecular weight is 279 g/mol. The summed E-state index contributed by atoms with van der Waals surface area (Å²) in [5, 5.41) is 3.11. The third-order valence-electron chi connectivity index (χ3n) is 2.42. The Labute approximate surface area is 121 Å². The highest BCUT2D eigenvalue weighted by Crippen LogP contribution is 2.18. The SMILES string of the molecule is COc1ccc(OC(C)CN=C(N)NC(C)(C)C)cc1. The lowest BCUT2D eigenvalue weighted by Gasteiger charge is -2.21. The van der Waals surface area contributed by atoms with Crippen molar-refractivity contribution in [3.63, 3.8) is 0 Å². The Kier molecular flexibility index (Phi) is 5.67. The highest BCUT2D eigenvalue weighted by Gasteiger charge is 2.10. The zero-order chi connectivity index (χ0) is 15.2. The van der Waals surface area contributed by atoms with Crippen LogP contribution in [0.15, 0.2) is 29.3 Å². The predicted octanol–water partition coefficient (Wildman–Crippen LogP) is 2.17. The summed E-state index contributed by atoms with van der Waals surface area (Å²) in [6.45, 7) is 8.56. The Balaban J connectivity index is 2.46. The van der Waals surface area contributed by atoms with Crippen molar-refractivity contribution in [2.45, 2.75) is 39.3 Å². The zero-order valence-electron chi connectivity index (χ0n) is 12.9. The van der Waals surface area contributed by atoms with Crippen LogP contribution in [0.1, 0.15) is 27.7 Å². The first-order chi connectivity index (χ1) is 9.30. The number of methoxy groups -OCH3 is 1. The van der Waals surface area contributed by atoms with E-state index in [2.05, 4.69) is 10.3 Å². The molecule has 1 aromatic carbocycles. The van der Waals surface area contributed by atoms with Gasteiger partial charge in [-0.05, 0) is 52.0 Å². The maximum Gasteiger partial charge on any atom is 0.189 e. The largest absolute Gasteiger partial charge is 0.497 e. The molecule has 1 unspecified atom stereocenters. The number of aliphatic imine (C=N–C) groups is 1. The Morgan fingerprint density at radius 2 is 1.80 bits per heavy atom. The second kappa shape index (κ2) is 7.03. The molecule has 0 aromatic heterocycles. The van der Waals surface area contributed by atoms with Crippen LogP contribution in [0.5, 0.6) is 11.5 Å². The lowest BCUT2D eigenvalue weighted by molar-refractivity contribution is 0.230. The molecule has 1 aromatic rings. The molecule has 0 amide bonds. The predicted molar refractivity (Wildman–Crippen MR) is 82.5 cm³/mol. The van der Waals surface area contributed by atoms with Crippen molar-refractivity contribution in [3.05, 3.63) is 24.3 Å². The summed E-state index contributed by atoms with van der Waals surface area (Å²) in [6.07, 6.45) is -0.0521. The molecule has 5 nitrogen and oxygen atoms in total. The quantitative estimate of drug-likeness (QED) is 0.640. The summed E-state index contributed by atoms with van der Waals surface area (Å²) in [7, 11) is 1.64. The molecule has 0 heterocycles. The van der Waals surface area contributed by atoms with E-state index < -0.39 is 0 Å². The van der Waals surface area contributed by atoms with Crippen molar-refractivity contribution >= 4 is 5.96 Å². The van der Waals surface area contributed by atoms with Crippen LogP contribution in [0.4, 0.5) is 0 Å². The van der Waals surface area contributed by atoms with E-state index in [4.69, 9.17) is 15.2 Å². The van der Waals surface area contributed by atoms with Crippen LogP contribution in [0.25, 0.3) is 0 Å². The molecule has 0 aliphatic rings. The molecule has 0 aliphatic carbocycles. The van der Waals surface area contributed by atoms with Gasteiger partial charge in [0.1, 0.15) is 17.6 Å². The molecule has 0 aliphatic heterocycles. The average Bonchev–Trinajstić information content (AvgIpc) is 2.35. The van der Waals surface area contributed by atoms with E-state index in [1.165, 1.54) is 0 Å². The summed E-state index contributed by atoms with van der Waals surface area (Å²) in [5.74, 6) is 2.03. The summed E-state index contributed by atoms with van der Waals surface area (Å²) in [5.41, 5.74) is 5.72. The molecule has 0 fully saturated rings. The fraction of sp³-hybridized carbons (Fsp3) is 0.533. The van der Waals surface area contributed by atoms with Gasteiger partial charge >= 0.3 is 0 Å². The minimum atomic E-state index is -0.0896. The minimum absolute atomic E-state index is 0.0521. The van der Waals surface area contributed by atoms with E-state index >= 15 is 0 Å². The number of ether oxygens (including phenoxy) is 2. The molecular weight excluding hydrogens is 254 g/mol. The zero-order valence-corrected chi connectivity index (χ0v) is 12.9. The molecule has 3 N–H and O–H groups in total. The van der Waals surface area contributed by atoms with Crippen molar-refractivity contribution < 1.29 is 9.47 Å². The van der Waals surface area contributed by atoms with Crippen LogP contribution in [0, 0.1) is 0 Å². The molecule has 20 heavy (non-hydrogen) atoms. The summed E-state index contributed by atoms with van der Waals surface area (Å²) in [6, 6.07) is 7.47. The van der Waals surface area contributed by atoms with Gasteiger partial charge in [0.15, 0.2) is 5.96 Å². The second-order valence-electron chi connectivity index (χ2n) is 5.70. The third-order valence-corrected chi connectivity index (χ3v) is 2.42. The number of nitrogens with zero attached hydrogens (tertiary/aromatic N) is 1. The number of guanidine groups is 1. The number of rotatable bonds is 5. The van der Waals surface area contributed by atoms with Crippen LogP contribution in [0.3, 0.4) is 0 Å².